The molecular formula is C49H27N7. The van der Waals surface area contributed by atoms with Crippen LogP contribution in [0.5, 0.6) is 0 Å². The van der Waals surface area contributed by atoms with Crippen LogP contribution in [-0.4, -0.2) is 19.1 Å². The van der Waals surface area contributed by atoms with Crippen molar-refractivity contribution in [2.45, 2.75) is 0 Å². The first-order chi connectivity index (χ1) is 27.7. The zero-order valence-electron chi connectivity index (χ0n) is 29.7. The summed E-state index contributed by atoms with van der Waals surface area (Å²) in [7, 11) is 0. The van der Waals surface area contributed by atoms with Crippen molar-refractivity contribution in [2.75, 3.05) is 0 Å². The lowest BCUT2D eigenvalue weighted by Crippen LogP contribution is -2.05. The molecule has 0 aliphatic rings. The number of nitriles is 3. The fourth-order valence-corrected chi connectivity index (χ4v) is 8.01. The van der Waals surface area contributed by atoms with Crippen molar-refractivity contribution in [2.24, 2.45) is 0 Å². The van der Waals surface area contributed by atoms with Gasteiger partial charge in [-0.25, -0.2) is 9.97 Å². The van der Waals surface area contributed by atoms with E-state index in [4.69, 9.17) is 9.97 Å². The molecule has 0 unspecified atom stereocenters. The van der Waals surface area contributed by atoms with Crippen molar-refractivity contribution in [3.63, 3.8) is 0 Å². The predicted molar refractivity (Wildman–Crippen MR) is 221 cm³/mol. The van der Waals surface area contributed by atoms with Crippen LogP contribution >= 0.6 is 0 Å². The van der Waals surface area contributed by atoms with E-state index in [0.717, 1.165) is 60.4 Å². The van der Waals surface area contributed by atoms with Crippen LogP contribution in [0.15, 0.2) is 164 Å². The summed E-state index contributed by atoms with van der Waals surface area (Å²) in [5.41, 5.74) is 9.03. The second-order valence-electron chi connectivity index (χ2n) is 13.5. The molecule has 0 aliphatic carbocycles. The minimum atomic E-state index is 0.255. The molecule has 7 heteroatoms. The van der Waals surface area contributed by atoms with Crippen molar-refractivity contribution < 1.29 is 0 Å². The summed E-state index contributed by atoms with van der Waals surface area (Å²) in [5.74, 6) is 0.431. The Kier molecular flexibility index (Phi) is 7.49. The highest BCUT2D eigenvalue weighted by atomic mass is 15.0. The summed E-state index contributed by atoms with van der Waals surface area (Å²) in [4.78, 5) is 9.82. The minimum absolute atomic E-state index is 0.255. The second-order valence-corrected chi connectivity index (χ2v) is 13.5. The standard InChI is InChI=1S/C49H27N7/c50-28-34-24-33(47-41(30-52)46(31-14-4-1-5-15-31)53-49(54-47)32-16-6-2-7-17-32)25-35(29-51)48(34)56-43-23-13-11-21-38(43)40-26-44-39(27-45(40)56)37-20-10-12-22-42(37)55(44)36-18-8-3-9-19-36/h1-27H. The summed E-state index contributed by atoms with van der Waals surface area (Å²) in [5, 5.41) is 36.6. The summed E-state index contributed by atoms with van der Waals surface area (Å²) < 4.78 is 4.32. The van der Waals surface area contributed by atoms with Gasteiger partial charge < -0.3 is 9.13 Å². The van der Waals surface area contributed by atoms with E-state index in [1.165, 1.54) is 0 Å². The lowest BCUT2D eigenvalue weighted by molar-refractivity contribution is 1.14. The van der Waals surface area contributed by atoms with Crippen molar-refractivity contribution in [1.82, 2.24) is 19.1 Å². The predicted octanol–water partition coefficient (Wildman–Crippen LogP) is 11.3. The molecule has 0 saturated carbocycles. The van der Waals surface area contributed by atoms with Gasteiger partial charge in [-0.2, -0.15) is 15.8 Å². The molecule has 258 valence electrons. The number of para-hydroxylation sites is 3. The normalized spacial score (nSPS) is 11.2. The number of rotatable bonds is 5. The monoisotopic (exact) mass is 713 g/mol. The van der Waals surface area contributed by atoms with Gasteiger partial charge in [0, 0.05) is 43.9 Å². The Bertz CT molecular complexity index is 3290. The molecule has 3 aromatic heterocycles. The number of fused-ring (bicyclic) bond motifs is 6. The zero-order valence-corrected chi connectivity index (χ0v) is 29.7. The van der Waals surface area contributed by atoms with Crippen molar-refractivity contribution >= 4 is 43.6 Å². The lowest BCUT2D eigenvalue weighted by atomic mass is 9.96. The molecule has 0 spiro atoms. The van der Waals surface area contributed by atoms with Gasteiger partial charge in [0.2, 0.25) is 0 Å². The fraction of sp³-hybridized carbons (Fsp3) is 0. The molecule has 7 nitrogen and oxygen atoms in total. The van der Waals surface area contributed by atoms with Gasteiger partial charge in [0.15, 0.2) is 5.82 Å². The van der Waals surface area contributed by atoms with Gasteiger partial charge in [0.1, 0.15) is 23.8 Å². The summed E-state index contributed by atoms with van der Waals surface area (Å²) in [6.07, 6.45) is 0. The highest BCUT2D eigenvalue weighted by molar-refractivity contribution is 6.19. The van der Waals surface area contributed by atoms with Crippen LogP contribution in [0.4, 0.5) is 0 Å². The van der Waals surface area contributed by atoms with E-state index < -0.39 is 0 Å². The Morgan fingerprint density at radius 3 is 1.41 bits per heavy atom. The molecule has 0 atom stereocenters. The minimum Gasteiger partial charge on any atom is -0.309 e. The van der Waals surface area contributed by atoms with E-state index in [1.54, 1.807) is 12.1 Å². The van der Waals surface area contributed by atoms with E-state index in [-0.39, 0.29) is 16.7 Å². The number of aromatic nitrogens is 4. The van der Waals surface area contributed by atoms with E-state index >= 15 is 0 Å². The first kappa shape index (κ1) is 32.3. The third kappa shape index (κ3) is 4.96. The van der Waals surface area contributed by atoms with Crippen LogP contribution in [0.25, 0.3) is 88.9 Å². The van der Waals surface area contributed by atoms with Crippen molar-refractivity contribution in [3.05, 3.63) is 180 Å². The first-order valence-electron chi connectivity index (χ1n) is 18.1. The maximum atomic E-state index is 10.9. The smallest absolute Gasteiger partial charge is 0.160 e. The summed E-state index contributed by atoms with van der Waals surface area (Å²) in [6, 6.07) is 60.9. The topological polar surface area (TPSA) is 107 Å². The molecule has 0 N–H and O–H groups in total. The van der Waals surface area contributed by atoms with E-state index in [1.807, 2.05) is 108 Å². The maximum absolute atomic E-state index is 10.9. The highest BCUT2D eigenvalue weighted by Gasteiger charge is 2.25. The quantitative estimate of drug-likeness (QED) is 0.176. The summed E-state index contributed by atoms with van der Waals surface area (Å²) >= 11 is 0. The van der Waals surface area contributed by atoms with Gasteiger partial charge in [-0.05, 0) is 48.5 Å². The first-order valence-corrected chi connectivity index (χ1v) is 18.1. The Morgan fingerprint density at radius 1 is 0.393 bits per heavy atom. The molecule has 0 radical (unpaired) electrons. The molecule has 0 saturated heterocycles. The molecular weight excluding hydrogens is 687 g/mol. The van der Waals surface area contributed by atoms with Gasteiger partial charge in [-0.15, -0.1) is 0 Å². The fourth-order valence-electron chi connectivity index (χ4n) is 8.01. The number of benzene rings is 7. The molecule has 56 heavy (non-hydrogen) atoms. The van der Waals surface area contributed by atoms with Gasteiger partial charge in [-0.1, -0.05) is 115 Å². The van der Waals surface area contributed by atoms with E-state index in [0.29, 0.717) is 28.5 Å². The lowest BCUT2D eigenvalue weighted by Gasteiger charge is -2.16. The molecule has 3 heterocycles. The van der Waals surface area contributed by atoms with Crippen molar-refractivity contribution in [1.29, 1.82) is 15.8 Å². The van der Waals surface area contributed by atoms with Crippen LogP contribution in [0.3, 0.4) is 0 Å². The van der Waals surface area contributed by atoms with Crippen molar-refractivity contribution in [3.8, 4) is 63.5 Å². The Labute approximate surface area is 321 Å². The molecule has 10 aromatic rings. The SMILES string of the molecule is N#Cc1cc(-c2nc(-c3ccccc3)nc(-c3ccccc3)c2C#N)cc(C#N)c1-n1c2ccccc2c2cc3c(cc21)c1ccccc1n3-c1ccccc1. The van der Waals surface area contributed by atoms with Crippen LogP contribution in [0.2, 0.25) is 0 Å². The molecule has 0 aliphatic heterocycles. The van der Waals surface area contributed by atoms with E-state index in [9.17, 15) is 15.8 Å². The van der Waals surface area contributed by atoms with Crippen LogP contribution in [0, 0.1) is 34.0 Å². The summed E-state index contributed by atoms with van der Waals surface area (Å²) in [6.45, 7) is 0. The Morgan fingerprint density at radius 2 is 0.857 bits per heavy atom. The number of nitrogens with zero attached hydrogens (tertiary/aromatic N) is 7. The molecule has 7 aromatic carbocycles. The molecule has 0 bridgehead atoms. The average molecular weight is 714 g/mol. The van der Waals surface area contributed by atoms with Gasteiger partial charge in [0.25, 0.3) is 0 Å². The Balaban J connectivity index is 1.27. The largest absolute Gasteiger partial charge is 0.309 e. The average Bonchev–Trinajstić information content (AvgIpc) is 3.77. The number of hydrogen-bond donors (Lipinski definition) is 0. The number of hydrogen-bond acceptors (Lipinski definition) is 5. The van der Waals surface area contributed by atoms with Crippen LogP contribution < -0.4 is 0 Å². The second kappa shape index (κ2) is 13.0. The third-order valence-electron chi connectivity index (χ3n) is 10.4. The van der Waals surface area contributed by atoms with Crippen LogP contribution in [0.1, 0.15) is 16.7 Å². The van der Waals surface area contributed by atoms with E-state index in [2.05, 4.69) is 71.3 Å². The van der Waals surface area contributed by atoms with Gasteiger partial charge in [0.05, 0.1) is 50.3 Å². The van der Waals surface area contributed by atoms with Gasteiger partial charge in [-0.3, -0.25) is 0 Å². The molecule has 10 rings (SSSR count). The third-order valence-corrected chi connectivity index (χ3v) is 10.4. The van der Waals surface area contributed by atoms with Crippen LogP contribution in [-0.2, 0) is 0 Å². The molecule has 0 amide bonds. The Hall–Kier alpha value is -8.31. The molecule has 0 fully saturated rings. The highest BCUT2D eigenvalue weighted by Crippen LogP contribution is 2.42. The maximum Gasteiger partial charge on any atom is 0.160 e. The van der Waals surface area contributed by atoms with Gasteiger partial charge >= 0.3 is 0 Å². The zero-order chi connectivity index (χ0) is 37.8.